The minimum absolute atomic E-state index is 0.0691. The van der Waals surface area contributed by atoms with E-state index in [9.17, 15) is 5.11 Å². The van der Waals surface area contributed by atoms with E-state index < -0.39 is 0 Å². The van der Waals surface area contributed by atoms with Gasteiger partial charge < -0.3 is 5.11 Å². The van der Waals surface area contributed by atoms with Gasteiger partial charge in [-0.3, -0.25) is 0 Å². The van der Waals surface area contributed by atoms with Crippen molar-refractivity contribution in [3.05, 3.63) is 41.7 Å². The lowest BCUT2D eigenvalue weighted by atomic mass is 10.1. The first-order valence-corrected chi connectivity index (χ1v) is 5.34. The average molecular weight is 217 g/mol. The number of aliphatic hydroxyl groups excluding tert-OH is 1. The summed E-state index contributed by atoms with van der Waals surface area (Å²) in [7, 11) is 0. The molecule has 0 fully saturated rings. The maximum Gasteiger partial charge on any atom is 0.112 e. The van der Waals surface area contributed by atoms with Gasteiger partial charge in [0.05, 0.1) is 18.0 Å². The van der Waals surface area contributed by atoms with Gasteiger partial charge in [-0.2, -0.15) is 0 Å². The van der Waals surface area contributed by atoms with Crippen molar-refractivity contribution in [3.63, 3.8) is 0 Å². The Morgan fingerprint density at radius 2 is 1.94 bits per heavy atom. The van der Waals surface area contributed by atoms with Gasteiger partial charge in [0.1, 0.15) is 5.69 Å². The summed E-state index contributed by atoms with van der Waals surface area (Å²) < 4.78 is 1.79. The molecule has 0 bridgehead atoms. The van der Waals surface area contributed by atoms with Crippen molar-refractivity contribution in [2.45, 2.75) is 26.4 Å². The number of hydrogen-bond acceptors (Lipinski definition) is 3. The largest absolute Gasteiger partial charge is 0.390 e. The van der Waals surface area contributed by atoms with Crippen molar-refractivity contribution in [2.24, 2.45) is 0 Å². The molecule has 0 radical (unpaired) electrons. The van der Waals surface area contributed by atoms with Crippen molar-refractivity contribution in [3.8, 4) is 5.69 Å². The number of nitrogens with zero attached hydrogens (tertiary/aromatic N) is 3. The van der Waals surface area contributed by atoms with E-state index in [0.717, 1.165) is 11.4 Å². The number of hydrogen-bond donors (Lipinski definition) is 1. The van der Waals surface area contributed by atoms with Crippen LogP contribution < -0.4 is 0 Å². The summed E-state index contributed by atoms with van der Waals surface area (Å²) >= 11 is 0. The Kier molecular flexibility index (Phi) is 3.01. The highest BCUT2D eigenvalue weighted by atomic mass is 16.3. The van der Waals surface area contributed by atoms with E-state index in [4.69, 9.17) is 0 Å². The molecule has 1 N–H and O–H groups in total. The van der Waals surface area contributed by atoms with Crippen molar-refractivity contribution in [1.29, 1.82) is 0 Å². The molecule has 0 aliphatic carbocycles. The number of benzene rings is 1. The lowest BCUT2D eigenvalue weighted by Gasteiger charge is -2.09. The number of para-hydroxylation sites is 1. The van der Waals surface area contributed by atoms with Crippen LogP contribution in [0.15, 0.2) is 30.3 Å². The highest BCUT2D eigenvalue weighted by Crippen LogP contribution is 2.20. The quantitative estimate of drug-likeness (QED) is 0.854. The monoisotopic (exact) mass is 217 g/mol. The van der Waals surface area contributed by atoms with Crippen LogP contribution in [-0.4, -0.2) is 20.1 Å². The third-order valence-corrected chi connectivity index (χ3v) is 2.48. The Labute approximate surface area is 94.5 Å². The Bertz CT molecular complexity index is 462. The second kappa shape index (κ2) is 4.45. The average Bonchev–Trinajstić information content (AvgIpc) is 2.73. The lowest BCUT2D eigenvalue weighted by Crippen LogP contribution is -2.05. The summed E-state index contributed by atoms with van der Waals surface area (Å²) in [6, 6.07) is 9.82. The van der Waals surface area contributed by atoms with Crippen LogP contribution in [0.1, 0.15) is 31.2 Å². The highest BCUT2D eigenvalue weighted by Gasteiger charge is 2.16. The van der Waals surface area contributed by atoms with Crippen molar-refractivity contribution >= 4 is 0 Å². The standard InChI is InChI=1S/C12H15N3O/c1-9(2)12-11(8-16)13-14-15(12)10-6-4-3-5-7-10/h3-7,9,16H,8H2,1-2H3. The van der Waals surface area contributed by atoms with E-state index in [1.807, 2.05) is 30.3 Å². The minimum Gasteiger partial charge on any atom is -0.390 e. The predicted molar refractivity (Wildman–Crippen MR) is 61.4 cm³/mol. The molecule has 1 heterocycles. The van der Waals surface area contributed by atoms with Crippen LogP contribution in [-0.2, 0) is 6.61 Å². The summed E-state index contributed by atoms with van der Waals surface area (Å²) in [5.41, 5.74) is 2.59. The molecule has 0 spiro atoms. The van der Waals surface area contributed by atoms with Crippen LogP contribution in [0.5, 0.6) is 0 Å². The zero-order valence-corrected chi connectivity index (χ0v) is 9.46. The van der Waals surface area contributed by atoms with Gasteiger partial charge in [-0.05, 0) is 18.1 Å². The molecule has 0 saturated carbocycles. The van der Waals surface area contributed by atoms with Crippen LogP contribution in [0, 0.1) is 0 Å². The third-order valence-electron chi connectivity index (χ3n) is 2.48. The van der Waals surface area contributed by atoms with Gasteiger partial charge in [0.25, 0.3) is 0 Å². The summed E-state index contributed by atoms with van der Waals surface area (Å²) in [5, 5.41) is 17.3. The van der Waals surface area contributed by atoms with E-state index in [1.165, 1.54) is 0 Å². The van der Waals surface area contributed by atoms with Crippen LogP contribution >= 0.6 is 0 Å². The molecule has 0 aliphatic heterocycles. The Balaban J connectivity index is 2.53. The molecular formula is C12H15N3O. The SMILES string of the molecule is CC(C)c1c(CO)nnn1-c1ccccc1. The number of aromatic nitrogens is 3. The fraction of sp³-hybridized carbons (Fsp3) is 0.333. The maximum atomic E-state index is 9.21. The third kappa shape index (κ3) is 1.84. The van der Waals surface area contributed by atoms with Crippen LogP contribution in [0.3, 0.4) is 0 Å². The predicted octanol–water partition coefficient (Wildman–Crippen LogP) is 1.88. The Hall–Kier alpha value is -1.68. The van der Waals surface area contributed by atoms with Gasteiger partial charge >= 0.3 is 0 Å². The highest BCUT2D eigenvalue weighted by molar-refractivity contribution is 5.34. The zero-order valence-electron chi connectivity index (χ0n) is 9.46. The Morgan fingerprint density at radius 3 is 2.50 bits per heavy atom. The summed E-state index contributed by atoms with van der Waals surface area (Å²) in [6.45, 7) is 4.06. The first kappa shape index (κ1) is 10.8. The second-order valence-corrected chi connectivity index (χ2v) is 3.98. The molecule has 0 amide bonds. The number of rotatable bonds is 3. The molecule has 0 atom stereocenters. The molecule has 16 heavy (non-hydrogen) atoms. The van der Waals surface area contributed by atoms with Crippen molar-refractivity contribution < 1.29 is 5.11 Å². The molecule has 0 aliphatic rings. The fourth-order valence-corrected chi connectivity index (χ4v) is 1.77. The van der Waals surface area contributed by atoms with Crippen LogP contribution in [0.2, 0.25) is 0 Å². The van der Waals surface area contributed by atoms with Crippen LogP contribution in [0.4, 0.5) is 0 Å². The van der Waals surface area contributed by atoms with Gasteiger partial charge in [-0.1, -0.05) is 37.3 Å². The van der Waals surface area contributed by atoms with E-state index in [2.05, 4.69) is 24.2 Å². The second-order valence-electron chi connectivity index (χ2n) is 3.98. The van der Waals surface area contributed by atoms with E-state index >= 15 is 0 Å². The molecular weight excluding hydrogens is 202 g/mol. The summed E-state index contributed by atoms with van der Waals surface area (Å²) in [4.78, 5) is 0. The normalized spacial score (nSPS) is 11.0. The van der Waals surface area contributed by atoms with Crippen molar-refractivity contribution in [2.75, 3.05) is 0 Å². The lowest BCUT2D eigenvalue weighted by molar-refractivity contribution is 0.275. The van der Waals surface area contributed by atoms with Gasteiger partial charge in [-0.15, -0.1) is 5.10 Å². The minimum atomic E-state index is -0.0691. The zero-order chi connectivity index (χ0) is 11.5. The molecule has 2 aromatic rings. The first-order valence-electron chi connectivity index (χ1n) is 5.34. The fourth-order valence-electron chi connectivity index (χ4n) is 1.77. The topological polar surface area (TPSA) is 50.9 Å². The van der Waals surface area contributed by atoms with Crippen molar-refractivity contribution in [1.82, 2.24) is 15.0 Å². The molecule has 4 nitrogen and oxygen atoms in total. The van der Waals surface area contributed by atoms with Gasteiger partial charge in [-0.25, -0.2) is 4.68 Å². The molecule has 1 aromatic heterocycles. The van der Waals surface area contributed by atoms with Gasteiger partial charge in [0.2, 0.25) is 0 Å². The molecule has 0 unspecified atom stereocenters. The van der Waals surface area contributed by atoms with E-state index in [-0.39, 0.29) is 12.5 Å². The molecule has 84 valence electrons. The van der Waals surface area contributed by atoms with Gasteiger partial charge in [0, 0.05) is 0 Å². The molecule has 1 aromatic carbocycles. The summed E-state index contributed by atoms with van der Waals surface area (Å²) in [5.74, 6) is 0.275. The molecule has 4 heteroatoms. The van der Waals surface area contributed by atoms with E-state index in [0.29, 0.717) is 5.69 Å². The Morgan fingerprint density at radius 1 is 1.25 bits per heavy atom. The molecule has 0 saturated heterocycles. The molecule has 2 rings (SSSR count). The van der Waals surface area contributed by atoms with Crippen LogP contribution in [0.25, 0.3) is 5.69 Å². The van der Waals surface area contributed by atoms with E-state index in [1.54, 1.807) is 4.68 Å². The maximum absolute atomic E-state index is 9.21. The number of aliphatic hydroxyl groups is 1. The summed E-state index contributed by atoms with van der Waals surface area (Å²) in [6.07, 6.45) is 0. The van der Waals surface area contributed by atoms with Gasteiger partial charge in [0.15, 0.2) is 0 Å². The first-order chi connectivity index (χ1) is 7.74. The smallest absolute Gasteiger partial charge is 0.112 e.